The molecule has 2 aliphatic heterocycles. The largest absolute Gasteiger partial charge is 0.417 e. The molecule has 2 aliphatic rings. The van der Waals surface area contributed by atoms with E-state index in [4.69, 9.17) is 0 Å². The van der Waals surface area contributed by atoms with Crippen LogP contribution >= 0.6 is 0 Å². The number of nitrogens with zero attached hydrogens (tertiary/aromatic N) is 6. The molecule has 0 bridgehead atoms. The van der Waals surface area contributed by atoms with Crippen molar-refractivity contribution in [2.75, 3.05) is 34.2 Å². The van der Waals surface area contributed by atoms with Gasteiger partial charge in [-0.05, 0) is 62.3 Å². The van der Waals surface area contributed by atoms with Gasteiger partial charge in [0.2, 0.25) is 5.96 Å². The molecule has 1 saturated heterocycles. The van der Waals surface area contributed by atoms with Crippen molar-refractivity contribution in [2.24, 2.45) is 5.10 Å². The third-order valence-corrected chi connectivity index (χ3v) is 7.65. The van der Waals surface area contributed by atoms with Crippen molar-refractivity contribution < 1.29 is 39.5 Å². The van der Waals surface area contributed by atoms with Gasteiger partial charge in [0.25, 0.3) is 0 Å². The van der Waals surface area contributed by atoms with Crippen LogP contribution in [0.25, 0.3) is 0 Å². The summed E-state index contributed by atoms with van der Waals surface area (Å²) in [5.41, 5.74) is 1.31. The smallest absolute Gasteiger partial charge is 0.332 e. The molecule has 8 nitrogen and oxygen atoms in total. The Morgan fingerprint density at radius 3 is 2.00 bits per heavy atom. The molecule has 0 spiro atoms. The fourth-order valence-corrected chi connectivity index (χ4v) is 5.41. The van der Waals surface area contributed by atoms with Crippen LogP contribution in [-0.4, -0.2) is 71.0 Å². The molecule has 1 aromatic carbocycles. The van der Waals surface area contributed by atoms with Crippen molar-refractivity contribution in [3.05, 3.63) is 64.0 Å². The van der Waals surface area contributed by atoms with Crippen LogP contribution in [0.1, 0.15) is 59.3 Å². The lowest BCUT2D eigenvalue weighted by Crippen LogP contribution is -2.44. The maximum atomic E-state index is 13.8. The van der Waals surface area contributed by atoms with Crippen LogP contribution in [0.5, 0.6) is 0 Å². The van der Waals surface area contributed by atoms with E-state index in [1.807, 2.05) is 21.0 Å². The minimum Gasteiger partial charge on any atom is -0.332 e. The van der Waals surface area contributed by atoms with E-state index in [0.29, 0.717) is 37.3 Å². The molecule has 244 valence electrons. The summed E-state index contributed by atoms with van der Waals surface area (Å²) < 4.78 is 123. The minimum atomic E-state index is -5.07. The molecular formula is C27H33F9N8. The second kappa shape index (κ2) is 12.6. The molecule has 0 radical (unpaired) electrons. The summed E-state index contributed by atoms with van der Waals surface area (Å²) >= 11 is 0. The highest BCUT2D eigenvalue weighted by atomic mass is 19.4. The van der Waals surface area contributed by atoms with E-state index >= 15 is 0 Å². The van der Waals surface area contributed by atoms with E-state index in [-0.39, 0.29) is 41.8 Å². The van der Waals surface area contributed by atoms with E-state index in [1.54, 1.807) is 0 Å². The number of hydrazine groups is 2. The zero-order chi connectivity index (χ0) is 32.6. The van der Waals surface area contributed by atoms with Gasteiger partial charge >= 0.3 is 18.5 Å². The number of pyridine rings is 1. The van der Waals surface area contributed by atoms with Gasteiger partial charge in [0.15, 0.2) is 0 Å². The Hall–Kier alpha value is -3.31. The summed E-state index contributed by atoms with van der Waals surface area (Å²) in [6.07, 6.45) is -12.8. The zero-order valence-corrected chi connectivity index (χ0v) is 24.4. The monoisotopic (exact) mass is 640 g/mol. The highest BCUT2D eigenvalue weighted by Gasteiger charge is 2.38. The van der Waals surface area contributed by atoms with Gasteiger partial charge in [-0.25, -0.2) is 5.12 Å². The number of guanidine groups is 1. The fourth-order valence-electron chi connectivity index (χ4n) is 5.41. The topological polar surface area (TPSA) is 62.3 Å². The van der Waals surface area contributed by atoms with Crippen molar-refractivity contribution in [2.45, 2.75) is 63.5 Å². The van der Waals surface area contributed by atoms with Gasteiger partial charge in [0.1, 0.15) is 0 Å². The first-order valence-electron chi connectivity index (χ1n) is 13.7. The molecule has 0 aliphatic carbocycles. The van der Waals surface area contributed by atoms with Gasteiger partial charge in [-0.3, -0.25) is 15.3 Å². The Bertz CT molecular complexity index is 1310. The van der Waals surface area contributed by atoms with Crippen LogP contribution in [0.15, 0.2) is 35.6 Å². The summed E-state index contributed by atoms with van der Waals surface area (Å²) in [6, 6.07) is 1.95. The van der Waals surface area contributed by atoms with Crippen LogP contribution in [0.4, 0.5) is 39.5 Å². The molecule has 1 fully saturated rings. The second-order valence-corrected chi connectivity index (χ2v) is 11.0. The molecule has 2 N–H and O–H groups in total. The summed E-state index contributed by atoms with van der Waals surface area (Å²) in [5, 5.41) is 5.34. The molecule has 0 saturated carbocycles. The minimum absolute atomic E-state index is 0.0201. The van der Waals surface area contributed by atoms with E-state index in [1.165, 1.54) is 17.1 Å². The first-order valence-corrected chi connectivity index (χ1v) is 13.7. The van der Waals surface area contributed by atoms with Crippen LogP contribution in [0.3, 0.4) is 0 Å². The number of rotatable bonds is 8. The lowest BCUT2D eigenvalue weighted by atomic mass is 10.0. The molecule has 1 unspecified atom stereocenters. The van der Waals surface area contributed by atoms with E-state index in [0.717, 1.165) is 18.7 Å². The van der Waals surface area contributed by atoms with Gasteiger partial charge in [-0.2, -0.15) is 39.5 Å². The summed E-state index contributed by atoms with van der Waals surface area (Å²) in [7, 11) is 5.35. The normalized spacial score (nSPS) is 19.0. The zero-order valence-electron chi connectivity index (χ0n) is 24.4. The molecule has 0 amide bonds. The average molecular weight is 641 g/mol. The number of nitrogens with one attached hydrogen (secondary N) is 2. The fraction of sp³-hybridized carbons (Fsp3) is 0.556. The third-order valence-electron chi connectivity index (χ3n) is 7.65. The average Bonchev–Trinajstić information content (AvgIpc) is 3.57. The quantitative estimate of drug-likeness (QED) is 0.372. The standard InChI is InChI=1S/C27H33F9N8/c1-5-22(43-7-6-21(15-43)41(2)3)23-17(10-20(12-37-23)27(34,35)36)14-44(24-38-40-42(4)39-24)13-16-8-18(25(28,29)30)11-19(9-16)26(31,32)33/h8-12,21-22,40H,5-7,13-15H2,1-4H3,(H,38,39)/t21-,22?/m0/s1. The predicted octanol–water partition coefficient (Wildman–Crippen LogP) is 5.45. The molecular weight excluding hydrogens is 607 g/mol. The summed E-state index contributed by atoms with van der Waals surface area (Å²) in [5.74, 6) is -0.0243. The first-order chi connectivity index (χ1) is 20.4. The molecule has 4 rings (SSSR count). The number of benzene rings is 1. The second-order valence-electron chi connectivity index (χ2n) is 11.0. The van der Waals surface area contributed by atoms with Gasteiger partial charge in [0, 0.05) is 45.5 Å². The number of likely N-dealkylation sites (tertiary alicyclic amines) is 1. The van der Waals surface area contributed by atoms with Gasteiger partial charge in [-0.15, -0.1) is 10.6 Å². The number of hydrazone groups is 1. The SMILES string of the molecule is CCC(c1ncc(C(F)(F)F)cc1CN(Cc1cc(C(F)(F)F)cc(C(F)(F)F)c1)C1=NN(C)NN1)N1CC[C@H](N(C)C)C1. The lowest BCUT2D eigenvalue weighted by Gasteiger charge is -2.31. The molecule has 2 aromatic rings. The van der Waals surface area contributed by atoms with Crippen LogP contribution in [0.2, 0.25) is 0 Å². The molecule has 2 atom stereocenters. The number of hydrogen-bond acceptors (Lipinski definition) is 8. The Balaban J connectivity index is 1.79. The highest BCUT2D eigenvalue weighted by Crippen LogP contribution is 2.38. The number of aromatic nitrogens is 1. The van der Waals surface area contributed by atoms with E-state index in [9.17, 15) is 39.5 Å². The lowest BCUT2D eigenvalue weighted by molar-refractivity contribution is -0.143. The summed E-state index contributed by atoms with van der Waals surface area (Å²) in [6.45, 7) is 2.28. The van der Waals surface area contributed by atoms with Crippen LogP contribution < -0.4 is 11.0 Å². The van der Waals surface area contributed by atoms with Gasteiger partial charge in [0.05, 0.1) is 28.4 Å². The predicted molar refractivity (Wildman–Crippen MR) is 143 cm³/mol. The Labute approximate surface area is 248 Å². The molecule has 17 heteroatoms. The maximum Gasteiger partial charge on any atom is 0.417 e. The number of hydrogen-bond donors (Lipinski definition) is 2. The van der Waals surface area contributed by atoms with Crippen molar-refractivity contribution in [3.63, 3.8) is 0 Å². The third kappa shape index (κ3) is 7.85. The number of likely N-dealkylation sites (N-methyl/N-ethyl adjacent to an activating group) is 1. The van der Waals surface area contributed by atoms with E-state index < -0.39 is 41.8 Å². The molecule has 1 aromatic heterocycles. The van der Waals surface area contributed by atoms with Crippen molar-refractivity contribution >= 4 is 5.96 Å². The van der Waals surface area contributed by atoms with Gasteiger partial charge in [-0.1, -0.05) is 6.92 Å². The first kappa shape index (κ1) is 33.6. The van der Waals surface area contributed by atoms with Crippen molar-refractivity contribution in [1.82, 2.24) is 35.8 Å². The highest BCUT2D eigenvalue weighted by molar-refractivity contribution is 5.80. The maximum absolute atomic E-state index is 13.8. The van der Waals surface area contributed by atoms with E-state index in [2.05, 4.69) is 30.8 Å². The Morgan fingerprint density at radius 2 is 1.52 bits per heavy atom. The number of alkyl halides is 9. The number of halogens is 9. The van der Waals surface area contributed by atoms with Crippen molar-refractivity contribution in [1.29, 1.82) is 0 Å². The van der Waals surface area contributed by atoms with Crippen molar-refractivity contribution in [3.8, 4) is 0 Å². The van der Waals surface area contributed by atoms with Gasteiger partial charge < -0.3 is 9.80 Å². The Kier molecular flexibility index (Phi) is 9.61. The Morgan fingerprint density at radius 1 is 0.909 bits per heavy atom. The summed E-state index contributed by atoms with van der Waals surface area (Å²) in [4.78, 5) is 9.69. The molecule has 3 heterocycles. The van der Waals surface area contributed by atoms with Crippen LogP contribution in [-0.2, 0) is 31.6 Å². The van der Waals surface area contributed by atoms with Crippen LogP contribution in [0, 0.1) is 0 Å². The molecule has 44 heavy (non-hydrogen) atoms.